The molecule has 2 rings (SSSR count). The van der Waals surface area contributed by atoms with Gasteiger partial charge in [-0.3, -0.25) is 9.59 Å². The molecule has 0 aromatic heterocycles. The third-order valence-corrected chi connectivity index (χ3v) is 4.07. The van der Waals surface area contributed by atoms with Gasteiger partial charge in [0.2, 0.25) is 0 Å². The quantitative estimate of drug-likeness (QED) is 0.853. The number of benzene rings is 1. The van der Waals surface area contributed by atoms with E-state index in [9.17, 15) is 9.59 Å². The van der Waals surface area contributed by atoms with Gasteiger partial charge in [-0.1, -0.05) is 34.8 Å². The molecule has 0 unspecified atom stereocenters. The highest BCUT2D eigenvalue weighted by Crippen LogP contribution is 2.16. The molecule has 21 heavy (non-hydrogen) atoms. The third-order valence-electron chi connectivity index (χ3n) is 3.42. The van der Waals surface area contributed by atoms with Gasteiger partial charge in [0.1, 0.15) is 0 Å². The number of piperidine rings is 1. The van der Waals surface area contributed by atoms with E-state index in [0.717, 1.165) is 0 Å². The van der Waals surface area contributed by atoms with E-state index in [1.807, 2.05) is 0 Å². The molecule has 1 aromatic rings. The Morgan fingerprint density at radius 3 is 2.24 bits per heavy atom. The van der Waals surface area contributed by atoms with Gasteiger partial charge in [-0.25, -0.2) is 0 Å². The summed E-state index contributed by atoms with van der Waals surface area (Å²) in [5.74, 6) is -0.412. The molecule has 1 aromatic carbocycles. The van der Waals surface area contributed by atoms with Crippen molar-refractivity contribution in [3.63, 3.8) is 0 Å². The minimum atomic E-state index is -1.06. The van der Waals surface area contributed by atoms with Gasteiger partial charge < -0.3 is 10.2 Å². The van der Waals surface area contributed by atoms with Gasteiger partial charge in [-0.05, 0) is 37.1 Å². The second-order valence-electron chi connectivity index (χ2n) is 4.88. The number of nitrogens with zero attached hydrogens (tertiary/aromatic N) is 1. The first-order valence-electron chi connectivity index (χ1n) is 6.60. The normalized spacial score (nSPS) is 16.1. The Balaban J connectivity index is 1.87. The smallest absolute Gasteiger partial charge is 0.253 e. The monoisotopic (exact) mass is 348 g/mol. The first-order chi connectivity index (χ1) is 9.97. The predicted molar refractivity (Wildman–Crippen MR) is 84.0 cm³/mol. The van der Waals surface area contributed by atoms with Crippen LogP contribution in [0.15, 0.2) is 24.3 Å². The van der Waals surface area contributed by atoms with E-state index in [0.29, 0.717) is 36.5 Å². The molecule has 0 spiro atoms. The second-order valence-corrected chi connectivity index (χ2v) is 6.42. The number of hydrogen-bond donors (Lipinski definition) is 1. The molecular formula is C14H15Cl3N2O2. The van der Waals surface area contributed by atoms with Gasteiger partial charge in [0.05, 0.1) is 0 Å². The summed E-state index contributed by atoms with van der Waals surface area (Å²) in [4.78, 5) is 24.4. The molecule has 1 saturated heterocycles. The van der Waals surface area contributed by atoms with Gasteiger partial charge in [0.15, 0.2) is 4.84 Å². The average Bonchev–Trinajstić information content (AvgIpc) is 2.48. The van der Waals surface area contributed by atoms with E-state index >= 15 is 0 Å². The van der Waals surface area contributed by atoms with Crippen molar-refractivity contribution in [3.8, 4) is 0 Å². The molecule has 2 amide bonds. The van der Waals surface area contributed by atoms with E-state index < -0.39 is 4.84 Å². The zero-order valence-electron chi connectivity index (χ0n) is 11.2. The van der Waals surface area contributed by atoms with Crippen LogP contribution in [0.5, 0.6) is 0 Å². The van der Waals surface area contributed by atoms with Crippen LogP contribution >= 0.6 is 34.8 Å². The lowest BCUT2D eigenvalue weighted by atomic mass is 10.0. The molecule has 1 heterocycles. The number of alkyl halides is 2. The zero-order valence-corrected chi connectivity index (χ0v) is 13.5. The minimum Gasteiger partial charge on any atom is -0.351 e. The fourth-order valence-electron chi connectivity index (χ4n) is 2.27. The van der Waals surface area contributed by atoms with Crippen molar-refractivity contribution in [2.24, 2.45) is 0 Å². The predicted octanol–water partition coefficient (Wildman–Crippen LogP) is 2.86. The van der Waals surface area contributed by atoms with Crippen molar-refractivity contribution >= 4 is 46.6 Å². The molecule has 4 nitrogen and oxygen atoms in total. The van der Waals surface area contributed by atoms with Gasteiger partial charge in [-0.15, -0.1) is 0 Å². The number of nitrogens with one attached hydrogen (secondary N) is 1. The standard InChI is InChI=1S/C14H15Cl3N2O2/c15-10-3-1-9(2-4-10)14(21)19-7-5-11(6-8-19)18-13(20)12(16)17/h1-4,11-12H,5-8H2,(H,18,20). The van der Waals surface area contributed by atoms with Crippen molar-refractivity contribution in [1.82, 2.24) is 10.2 Å². The lowest BCUT2D eigenvalue weighted by Gasteiger charge is -2.32. The number of carbonyl (C=O) groups is 2. The van der Waals surface area contributed by atoms with E-state index in [-0.39, 0.29) is 17.9 Å². The summed E-state index contributed by atoms with van der Waals surface area (Å²) in [5, 5.41) is 3.37. The van der Waals surface area contributed by atoms with Crippen LogP contribution in [0.25, 0.3) is 0 Å². The van der Waals surface area contributed by atoms with Crippen LogP contribution < -0.4 is 5.32 Å². The zero-order chi connectivity index (χ0) is 15.4. The molecule has 1 fully saturated rings. The Labute approximate surface area is 138 Å². The second kappa shape index (κ2) is 7.34. The summed E-state index contributed by atoms with van der Waals surface area (Å²) in [7, 11) is 0. The highest BCUT2D eigenvalue weighted by atomic mass is 35.5. The molecule has 114 valence electrons. The first-order valence-corrected chi connectivity index (χ1v) is 7.86. The van der Waals surface area contributed by atoms with Crippen LogP contribution in [0.3, 0.4) is 0 Å². The summed E-state index contributed by atoms with van der Waals surface area (Å²) in [6.45, 7) is 1.17. The number of rotatable bonds is 3. The van der Waals surface area contributed by atoms with E-state index in [4.69, 9.17) is 34.8 Å². The SMILES string of the molecule is O=C(NC1CCN(C(=O)c2ccc(Cl)cc2)CC1)C(Cl)Cl. The van der Waals surface area contributed by atoms with Crippen molar-refractivity contribution in [1.29, 1.82) is 0 Å². The fraction of sp³-hybridized carbons (Fsp3) is 0.429. The first kappa shape index (κ1) is 16.4. The molecular weight excluding hydrogens is 335 g/mol. The maximum Gasteiger partial charge on any atom is 0.253 e. The Bertz CT molecular complexity index is 511. The highest BCUT2D eigenvalue weighted by Gasteiger charge is 2.25. The summed E-state index contributed by atoms with van der Waals surface area (Å²) >= 11 is 16.8. The molecule has 0 saturated carbocycles. The Kier molecular flexibility index (Phi) is 5.73. The van der Waals surface area contributed by atoms with Gasteiger partial charge >= 0.3 is 0 Å². The molecule has 0 atom stereocenters. The summed E-state index contributed by atoms with van der Waals surface area (Å²) < 4.78 is 0. The number of halogens is 3. The number of amides is 2. The van der Waals surface area contributed by atoms with Crippen LogP contribution in [0.4, 0.5) is 0 Å². The molecule has 7 heteroatoms. The molecule has 0 radical (unpaired) electrons. The summed E-state index contributed by atoms with van der Waals surface area (Å²) in [6, 6.07) is 6.83. The third kappa shape index (κ3) is 4.50. The Morgan fingerprint density at radius 1 is 1.14 bits per heavy atom. The van der Waals surface area contributed by atoms with Crippen molar-refractivity contribution in [2.75, 3.05) is 13.1 Å². The van der Waals surface area contributed by atoms with Crippen molar-refractivity contribution in [3.05, 3.63) is 34.9 Å². The van der Waals surface area contributed by atoms with Gasteiger partial charge in [0.25, 0.3) is 11.8 Å². The van der Waals surface area contributed by atoms with Crippen molar-refractivity contribution < 1.29 is 9.59 Å². The number of likely N-dealkylation sites (tertiary alicyclic amines) is 1. The molecule has 0 aliphatic carbocycles. The lowest BCUT2D eigenvalue weighted by Crippen LogP contribution is -2.47. The van der Waals surface area contributed by atoms with E-state index in [1.54, 1.807) is 29.2 Å². The summed E-state index contributed by atoms with van der Waals surface area (Å²) in [6.07, 6.45) is 1.37. The maximum absolute atomic E-state index is 12.3. The maximum atomic E-state index is 12.3. The van der Waals surface area contributed by atoms with Crippen LogP contribution in [-0.2, 0) is 4.79 Å². The Hall–Kier alpha value is -0.970. The minimum absolute atomic E-state index is 0.00627. The number of hydrogen-bond acceptors (Lipinski definition) is 2. The largest absolute Gasteiger partial charge is 0.351 e. The van der Waals surface area contributed by atoms with Gasteiger partial charge in [-0.2, -0.15) is 0 Å². The average molecular weight is 350 g/mol. The molecule has 0 bridgehead atoms. The fourth-order valence-corrected chi connectivity index (χ4v) is 2.52. The number of carbonyl (C=O) groups excluding carboxylic acids is 2. The highest BCUT2D eigenvalue weighted by molar-refractivity contribution is 6.53. The van der Waals surface area contributed by atoms with Crippen molar-refractivity contribution in [2.45, 2.75) is 23.7 Å². The van der Waals surface area contributed by atoms with Crippen LogP contribution in [-0.4, -0.2) is 40.7 Å². The van der Waals surface area contributed by atoms with Crippen LogP contribution in [0, 0.1) is 0 Å². The van der Waals surface area contributed by atoms with E-state index in [2.05, 4.69) is 5.32 Å². The van der Waals surface area contributed by atoms with E-state index in [1.165, 1.54) is 0 Å². The molecule has 1 aliphatic heterocycles. The Morgan fingerprint density at radius 2 is 1.71 bits per heavy atom. The van der Waals surface area contributed by atoms with Gasteiger partial charge in [0, 0.05) is 29.7 Å². The molecule has 1 aliphatic rings. The topological polar surface area (TPSA) is 49.4 Å². The summed E-state index contributed by atoms with van der Waals surface area (Å²) in [5.41, 5.74) is 0.614. The van der Waals surface area contributed by atoms with Crippen LogP contribution in [0.2, 0.25) is 5.02 Å². The molecule has 1 N–H and O–H groups in total. The lowest BCUT2D eigenvalue weighted by molar-refractivity contribution is -0.120. The van der Waals surface area contributed by atoms with Crippen LogP contribution in [0.1, 0.15) is 23.2 Å².